The van der Waals surface area contributed by atoms with Gasteiger partial charge in [0.15, 0.2) is 5.76 Å². The second kappa shape index (κ2) is 7.21. The number of piperazine rings is 1. The van der Waals surface area contributed by atoms with Crippen molar-refractivity contribution in [2.45, 2.75) is 32.9 Å². The molecule has 2 aromatic rings. The van der Waals surface area contributed by atoms with Gasteiger partial charge in [-0.1, -0.05) is 23.4 Å². The van der Waals surface area contributed by atoms with E-state index in [-0.39, 0.29) is 11.9 Å². The molecule has 3 heterocycles. The maximum absolute atomic E-state index is 13.0. The summed E-state index contributed by atoms with van der Waals surface area (Å²) < 4.78 is 5.31. The molecule has 0 bridgehead atoms. The number of aromatic nitrogens is 1. The number of aryl methyl sites for hydroxylation is 1. The van der Waals surface area contributed by atoms with Crippen molar-refractivity contribution in [2.24, 2.45) is 0 Å². The average Bonchev–Trinajstić information content (AvgIpc) is 3.27. The fourth-order valence-electron chi connectivity index (χ4n) is 3.97. The average molecular weight is 354 g/mol. The van der Waals surface area contributed by atoms with Crippen LogP contribution < -0.4 is 4.90 Å². The quantitative estimate of drug-likeness (QED) is 0.841. The number of anilines is 1. The van der Waals surface area contributed by atoms with Crippen molar-refractivity contribution in [3.05, 3.63) is 47.3 Å². The number of carbonyl (C=O) groups is 1. The van der Waals surface area contributed by atoms with Crippen LogP contribution in [-0.2, 0) is 17.8 Å². The van der Waals surface area contributed by atoms with Crippen LogP contribution >= 0.6 is 0 Å². The Morgan fingerprint density at radius 1 is 1.19 bits per heavy atom. The predicted octanol–water partition coefficient (Wildman–Crippen LogP) is 2.08. The van der Waals surface area contributed by atoms with Crippen LogP contribution in [0, 0.1) is 6.92 Å². The minimum atomic E-state index is -0.0872. The standard InChI is InChI=1S/C20H26N4O2/c1-15-13-18(26-21-15)14-22-9-11-23(12-10-22)16(2)20(25)24-8-7-17-5-3-4-6-19(17)24/h3-6,13,16H,7-12,14H2,1-2H3. The second-order valence-electron chi connectivity index (χ2n) is 7.29. The SMILES string of the molecule is Cc1cc(CN2CCN(C(C)C(=O)N3CCc4ccccc43)CC2)on1. The molecule has 1 aromatic carbocycles. The molecule has 0 spiro atoms. The molecule has 6 heteroatoms. The van der Waals surface area contributed by atoms with Gasteiger partial charge in [0.25, 0.3) is 0 Å². The highest BCUT2D eigenvalue weighted by Gasteiger charge is 2.32. The number of para-hydroxylation sites is 1. The monoisotopic (exact) mass is 354 g/mol. The molecular formula is C20H26N4O2. The summed E-state index contributed by atoms with van der Waals surface area (Å²) in [5, 5.41) is 3.95. The molecule has 0 N–H and O–H groups in total. The fourth-order valence-corrected chi connectivity index (χ4v) is 3.97. The van der Waals surface area contributed by atoms with Gasteiger partial charge in [-0.2, -0.15) is 0 Å². The van der Waals surface area contributed by atoms with Crippen molar-refractivity contribution < 1.29 is 9.32 Å². The lowest BCUT2D eigenvalue weighted by molar-refractivity contribution is -0.123. The molecule has 6 nitrogen and oxygen atoms in total. The lowest BCUT2D eigenvalue weighted by atomic mass is 10.1. The van der Waals surface area contributed by atoms with Gasteiger partial charge in [-0.25, -0.2) is 0 Å². The van der Waals surface area contributed by atoms with E-state index in [0.717, 1.165) is 62.8 Å². The van der Waals surface area contributed by atoms with Crippen LogP contribution in [0.2, 0.25) is 0 Å². The summed E-state index contributed by atoms with van der Waals surface area (Å²) in [5.74, 6) is 1.13. The van der Waals surface area contributed by atoms with Crippen molar-refractivity contribution in [3.8, 4) is 0 Å². The second-order valence-corrected chi connectivity index (χ2v) is 7.29. The molecule has 138 valence electrons. The van der Waals surface area contributed by atoms with Gasteiger partial charge < -0.3 is 9.42 Å². The minimum Gasteiger partial charge on any atom is -0.360 e. The van der Waals surface area contributed by atoms with Gasteiger partial charge >= 0.3 is 0 Å². The number of rotatable bonds is 4. The van der Waals surface area contributed by atoms with Crippen molar-refractivity contribution in [1.29, 1.82) is 0 Å². The van der Waals surface area contributed by atoms with Gasteiger partial charge in [0, 0.05) is 44.5 Å². The molecule has 1 atom stereocenters. The zero-order chi connectivity index (χ0) is 18.1. The highest BCUT2D eigenvalue weighted by molar-refractivity contribution is 5.98. The van der Waals surface area contributed by atoms with Crippen LogP contribution in [0.25, 0.3) is 0 Å². The van der Waals surface area contributed by atoms with Crippen molar-refractivity contribution in [3.63, 3.8) is 0 Å². The highest BCUT2D eigenvalue weighted by atomic mass is 16.5. The van der Waals surface area contributed by atoms with E-state index in [0.29, 0.717) is 0 Å². The Hall–Kier alpha value is -2.18. The van der Waals surface area contributed by atoms with E-state index in [1.807, 2.05) is 36.9 Å². The summed E-state index contributed by atoms with van der Waals surface area (Å²) in [6.45, 7) is 9.24. The van der Waals surface area contributed by atoms with Crippen molar-refractivity contribution in [2.75, 3.05) is 37.6 Å². The van der Waals surface area contributed by atoms with Crippen LogP contribution in [0.5, 0.6) is 0 Å². The lowest BCUT2D eigenvalue weighted by Gasteiger charge is -2.38. The first kappa shape index (κ1) is 17.2. The zero-order valence-corrected chi connectivity index (χ0v) is 15.5. The van der Waals surface area contributed by atoms with E-state index in [4.69, 9.17) is 4.52 Å². The first-order valence-electron chi connectivity index (χ1n) is 9.40. The van der Waals surface area contributed by atoms with E-state index in [1.54, 1.807) is 0 Å². The van der Waals surface area contributed by atoms with Crippen molar-refractivity contribution in [1.82, 2.24) is 15.0 Å². The summed E-state index contributed by atoms with van der Waals surface area (Å²) in [7, 11) is 0. The fraction of sp³-hybridized carbons (Fsp3) is 0.500. The summed E-state index contributed by atoms with van der Waals surface area (Å²) >= 11 is 0. The molecule has 1 amide bonds. The molecule has 0 radical (unpaired) electrons. The molecule has 2 aliphatic heterocycles. The van der Waals surface area contributed by atoms with Gasteiger partial charge in [-0.15, -0.1) is 0 Å². The number of amides is 1. The smallest absolute Gasteiger partial charge is 0.244 e. The topological polar surface area (TPSA) is 52.8 Å². The van der Waals surface area contributed by atoms with Gasteiger partial charge in [-0.05, 0) is 31.9 Å². The summed E-state index contributed by atoms with van der Waals surface area (Å²) in [6, 6.07) is 10.1. The van der Waals surface area contributed by atoms with Crippen LogP contribution in [0.15, 0.2) is 34.9 Å². The van der Waals surface area contributed by atoms with Crippen LogP contribution in [0.3, 0.4) is 0 Å². The number of nitrogens with zero attached hydrogens (tertiary/aromatic N) is 4. The third kappa shape index (κ3) is 3.39. The van der Waals surface area contributed by atoms with Gasteiger partial charge in [-0.3, -0.25) is 14.6 Å². The Morgan fingerprint density at radius 3 is 2.69 bits per heavy atom. The first-order valence-corrected chi connectivity index (χ1v) is 9.40. The summed E-state index contributed by atoms with van der Waals surface area (Å²) in [6.07, 6.45) is 0.957. The number of hydrogen-bond donors (Lipinski definition) is 0. The third-order valence-corrected chi connectivity index (χ3v) is 5.52. The highest BCUT2D eigenvalue weighted by Crippen LogP contribution is 2.28. The third-order valence-electron chi connectivity index (χ3n) is 5.52. The predicted molar refractivity (Wildman–Crippen MR) is 100 cm³/mol. The first-order chi connectivity index (χ1) is 12.6. The Labute approximate surface area is 154 Å². The molecule has 0 saturated carbocycles. The molecule has 2 aliphatic rings. The number of fused-ring (bicyclic) bond motifs is 1. The van der Waals surface area contributed by atoms with Crippen LogP contribution in [0.1, 0.15) is 23.9 Å². The van der Waals surface area contributed by atoms with Crippen molar-refractivity contribution >= 4 is 11.6 Å². The molecule has 26 heavy (non-hydrogen) atoms. The zero-order valence-electron chi connectivity index (χ0n) is 15.5. The number of carbonyl (C=O) groups excluding carboxylic acids is 1. The molecule has 0 aliphatic carbocycles. The van der Waals surface area contributed by atoms with E-state index in [2.05, 4.69) is 27.1 Å². The van der Waals surface area contributed by atoms with Crippen LogP contribution in [0.4, 0.5) is 5.69 Å². The molecule has 1 saturated heterocycles. The van der Waals surface area contributed by atoms with Gasteiger partial charge in [0.1, 0.15) is 0 Å². The molecule has 4 rings (SSSR count). The van der Waals surface area contributed by atoms with Crippen LogP contribution in [-0.4, -0.2) is 59.6 Å². The van der Waals surface area contributed by atoms with E-state index >= 15 is 0 Å². The molecule has 1 fully saturated rings. The Kier molecular flexibility index (Phi) is 4.78. The maximum Gasteiger partial charge on any atom is 0.244 e. The number of benzene rings is 1. The largest absolute Gasteiger partial charge is 0.360 e. The Morgan fingerprint density at radius 2 is 1.96 bits per heavy atom. The van der Waals surface area contributed by atoms with Gasteiger partial charge in [0.2, 0.25) is 5.91 Å². The maximum atomic E-state index is 13.0. The van der Waals surface area contributed by atoms with E-state index in [9.17, 15) is 4.79 Å². The number of hydrogen-bond acceptors (Lipinski definition) is 5. The van der Waals surface area contributed by atoms with E-state index in [1.165, 1.54) is 5.56 Å². The van der Waals surface area contributed by atoms with Gasteiger partial charge in [0.05, 0.1) is 18.3 Å². The molecule has 1 aromatic heterocycles. The normalized spacial score (nSPS) is 19.5. The Balaban J connectivity index is 1.33. The lowest BCUT2D eigenvalue weighted by Crippen LogP contribution is -2.54. The summed E-state index contributed by atoms with van der Waals surface area (Å²) in [4.78, 5) is 19.6. The Bertz CT molecular complexity index is 780. The van der Waals surface area contributed by atoms with E-state index < -0.39 is 0 Å². The minimum absolute atomic E-state index is 0.0872. The summed E-state index contributed by atoms with van der Waals surface area (Å²) in [5.41, 5.74) is 3.28. The molecule has 1 unspecified atom stereocenters. The molecular weight excluding hydrogens is 328 g/mol.